The molecule has 2 aromatic carbocycles. The first-order valence-corrected chi connectivity index (χ1v) is 7.75. The zero-order valence-electron chi connectivity index (χ0n) is 12.8. The van der Waals surface area contributed by atoms with Crippen molar-refractivity contribution in [2.75, 3.05) is 13.2 Å². The van der Waals surface area contributed by atoms with Crippen LogP contribution >= 0.6 is 11.6 Å². The third-order valence-electron chi connectivity index (χ3n) is 3.34. The summed E-state index contributed by atoms with van der Waals surface area (Å²) < 4.78 is 5.77. The Labute approximate surface area is 132 Å². The zero-order valence-corrected chi connectivity index (χ0v) is 13.6. The van der Waals surface area contributed by atoms with Crippen LogP contribution in [-0.4, -0.2) is 13.2 Å². The molecule has 2 nitrogen and oxygen atoms in total. The summed E-state index contributed by atoms with van der Waals surface area (Å²) in [5.41, 5.74) is 3.46. The van der Waals surface area contributed by atoms with Crippen molar-refractivity contribution in [3.05, 3.63) is 64.2 Å². The molecule has 0 aliphatic heterocycles. The molecule has 2 aromatic rings. The molecule has 0 saturated heterocycles. The lowest BCUT2D eigenvalue weighted by molar-refractivity contribution is 0.333. The third-order valence-corrected chi connectivity index (χ3v) is 3.55. The van der Waals surface area contributed by atoms with Crippen LogP contribution in [0.3, 0.4) is 0 Å². The van der Waals surface area contributed by atoms with Crippen molar-refractivity contribution < 1.29 is 4.74 Å². The predicted molar refractivity (Wildman–Crippen MR) is 89.3 cm³/mol. The van der Waals surface area contributed by atoms with E-state index in [0.717, 1.165) is 34.0 Å². The highest BCUT2D eigenvalue weighted by Gasteiger charge is 2.17. The lowest BCUT2D eigenvalue weighted by Crippen LogP contribution is -2.22. The van der Waals surface area contributed by atoms with Gasteiger partial charge in [0.25, 0.3) is 0 Å². The quantitative estimate of drug-likeness (QED) is 0.832. The van der Waals surface area contributed by atoms with E-state index in [1.807, 2.05) is 37.3 Å². The number of nitrogens with one attached hydrogen (secondary N) is 1. The van der Waals surface area contributed by atoms with E-state index in [1.165, 1.54) is 0 Å². The average molecular weight is 304 g/mol. The lowest BCUT2D eigenvalue weighted by Gasteiger charge is -2.22. The topological polar surface area (TPSA) is 21.3 Å². The van der Waals surface area contributed by atoms with Crippen LogP contribution in [0.5, 0.6) is 5.75 Å². The minimum atomic E-state index is 0.0788. The van der Waals surface area contributed by atoms with Crippen molar-refractivity contribution in [2.45, 2.75) is 26.8 Å². The van der Waals surface area contributed by atoms with Gasteiger partial charge in [0.1, 0.15) is 5.75 Å². The van der Waals surface area contributed by atoms with Gasteiger partial charge in [-0.15, -0.1) is 0 Å². The Morgan fingerprint density at radius 1 is 1.14 bits per heavy atom. The van der Waals surface area contributed by atoms with E-state index < -0.39 is 0 Å². The van der Waals surface area contributed by atoms with Crippen LogP contribution in [0.1, 0.15) is 36.6 Å². The van der Waals surface area contributed by atoms with Gasteiger partial charge >= 0.3 is 0 Å². The highest BCUT2D eigenvalue weighted by Crippen LogP contribution is 2.31. The summed E-state index contributed by atoms with van der Waals surface area (Å²) in [4.78, 5) is 0. The van der Waals surface area contributed by atoms with E-state index in [2.05, 4.69) is 31.3 Å². The minimum Gasteiger partial charge on any atom is -0.494 e. The maximum Gasteiger partial charge on any atom is 0.124 e. The van der Waals surface area contributed by atoms with Crippen LogP contribution in [0.2, 0.25) is 5.02 Å². The van der Waals surface area contributed by atoms with Gasteiger partial charge in [0, 0.05) is 10.6 Å². The summed E-state index contributed by atoms with van der Waals surface area (Å²) in [7, 11) is 0. The standard InChI is InChI=1S/C18H22ClNO/c1-4-20-18(14-10-13(3)11-15(19)12-14)16-8-6-7-9-17(16)21-5-2/h6-12,18,20H,4-5H2,1-3H3. The van der Waals surface area contributed by atoms with E-state index in [-0.39, 0.29) is 6.04 Å². The van der Waals surface area contributed by atoms with Gasteiger partial charge in [-0.2, -0.15) is 0 Å². The summed E-state index contributed by atoms with van der Waals surface area (Å²) >= 11 is 6.22. The van der Waals surface area contributed by atoms with Crippen LogP contribution in [0.15, 0.2) is 42.5 Å². The first-order valence-electron chi connectivity index (χ1n) is 7.37. The Kier molecular flexibility index (Phi) is 5.66. The molecule has 3 heteroatoms. The zero-order chi connectivity index (χ0) is 15.2. The molecule has 0 heterocycles. The number of rotatable bonds is 6. The number of para-hydroxylation sites is 1. The number of benzene rings is 2. The number of hydrogen-bond donors (Lipinski definition) is 1. The second-order valence-electron chi connectivity index (χ2n) is 5.02. The second-order valence-corrected chi connectivity index (χ2v) is 5.46. The predicted octanol–water partition coefficient (Wildman–Crippen LogP) is 4.75. The van der Waals surface area contributed by atoms with E-state index in [1.54, 1.807) is 0 Å². The van der Waals surface area contributed by atoms with E-state index in [9.17, 15) is 0 Å². The molecule has 1 unspecified atom stereocenters. The fourth-order valence-corrected chi connectivity index (χ4v) is 2.85. The fourth-order valence-electron chi connectivity index (χ4n) is 2.55. The molecule has 0 saturated carbocycles. The summed E-state index contributed by atoms with van der Waals surface area (Å²) in [5.74, 6) is 0.920. The third kappa shape index (κ3) is 3.99. The molecule has 21 heavy (non-hydrogen) atoms. The molecule has 0 aromatic heterocycles. The Balaban J connectivity index is 2.48. The molecule has 1 atom stereocenters. The summed E-state index contributed by atoms with van der Waals surface area (Å²) in [6.45, 7) is 7.70. The SMILES string of the molecule is CCNC(c1cc(C)cc(Cl)c1)c1ccccc1OCC. The Morgan fingerprint density at radius 3 is 2.57 bits per heavy atom. The molecule has 1 N–H and O–H groups in total. The molecule has 0 fully saturated rings. The highest BCUT2D eigenvalue weighted by atomic mass is 35.5. The summed E-state index contributed by atoms with van der Waals surface area (Å²) in [6, 6.07) is 14.4. The van der Waals surface area contributed by atoms with E-state index in [4.69, 9.17) is 16.3 Å². The van der Waals surface area contributed by atoms with Crippen molar-refractivity contribution in [2.24, 2.45) is 0 Å². The normalized spacial score (nSPS) is 12.2. The van der Waals surface area contributed by atoms with Gasteiger partial charge in [0.05, 0.1) is 12.6 Å². The monoisotopic (exact) mass is 303 g/mol. The molecular formula is C18H22ClNO. The fraction of sp³-hybridized carbons (Fsp3) is 0.333. The van der Waals surface area contributed by atoms with Crippen LogP contribution in [0, 0.1) is 6.92 Å². The van der Waals surface area contributed by atoms with Gasteiger partial charge in [0.15, 0.2) is 0 Å². The highest BCUT2D eigenvalue weighted by molar-refractivity contribution is 6.30. The molecule has 112 valence electrons. The van der Waals surface area contributed by atoms with Gasteiger partial charge in [-0.25, -0.2) is 0 Å². The van der Waals surface area contributed by atoms with Crippen molar-refractivity contribution in [3.8, 4) is 5.75 Å². The van der Waals surface area contributed by atoms with Gasteiger partial charge in [-0.05, 0) is 49.7 Å². The Bertz CT molecular complexity index is 577. The van der Waals surface area contributed by atoms with Crippen LogP contribution < -0.4 is 10.1 Å². The lowest BCUT2D eigenvalue weighted by atomic mass is 9.96. The Hall–Kier alpha value is -1.51. The summed E-state index contributed by atoms with van der Waals surface area (Å²) in [5, 5.41) is 4.30. The first-order chi connectivity index (χ1) is 10.2. The van der Waals surface area contributed by atoms with E-state index in [0.29, 0.717) is 6.61 Å². The van der Waals surface area contributed by atoms with Gasteiger partial charge in [-0.1, -0.05) is 42.8 Å². The van der Waals surface area contributed by atoms with Crippen molar-refractivity contribution in [1.29, 1.82) is 0 Å². The Morgan fingerprint density at radius 2 is 1.90 bits per heavy atom. The number of hydrogen-bond acceptors (Lipinski definition) is 2. The maximum absolute atomic E-state index is 6.22. The number of ether oxygens (including phenoxy) is 1. The molecule has 0 bridgehead atoms. The smallest absolute Gasteiger partial charge is 0.124 e. The molecule has 0 amide bonds. The molecule has 0 aliphatic rings. The first kappa shape index (κ1) is 15.9. The average Bonchev–Trinajstić information content (AvgIpc) is 2.45. The van der Waals surface area contributed by atoms with Crippen molar-refractivity contribution >= 4 is 11.6 Å². The number of halogens is 1. The van der Waals surface area contributed by atoms with Crippen LogP contribution in [-0.2, 0) is 0 Å². The van der Waals surface area contributed by atoms with Gasteiger partial charge in [-0.3, -0.25) is 0 Å². The van der Waals surface area contributed by atoms with Gasteiger partial charge < -0.3 is 10.1 Å². The molecular weight excluding hydrogens is 282 g/mol. The molecule has 0 radical (unpaired) electrons. The molecule has 0 spiro atoms. The van der Waals surface area contributed by atoms with Gasteiger partial charge in [0.2, 0.25) is 0 Å². The minimum absolute atomic E-state index is 0.0788. The van der Waals surface area contributed by atoms with Crippen LogP contribution in [0.25, 0.3) is 0 Å². The molecule has 0 aliphatic carbocycles. The van der Waals surface area contributed by atoms with Crippen molar-refractivity contribution in [3.63, 3.8) is 0 Å². The second kappa shape index (κ2) is 7.48. The largest absolute Gasteiger partial charge is 0.494 e. The molecule has 2 rings (SSSR count). The van der Waals surface area contributed by atoms with Crippen LogP contribution in [0.4, 0.5) is 0 Å². The maximum atomic E-state index is 6.22. The summed E-state index contributed by atoms with van der Waals surface area (Å²) in [6.07, 6.45) is 0. The van der Waals surface area contributed by atoms with E-state index >= 15 is 0 Å². The van der Waals surface area contributed by atoms with Crippen molar-refractivity contribution in [1.82, 2.24) is 5.32 Å². The number of aryl methyl sites for hydroxylation is 1.